The fourth-order valence-corrected chi connectivity index (χ4v) is 3.41. The van der Waals surface area contributed by atoms with Crippen molar-refractivity contribution < 1.29 is 9.53 Å². The summed E-state index contributed by atoms with van der Waals surface area (Å²) in [6.45, 7) is 0.583. The molecule has 1 saturated carbocycles. The molecule has 0 unspecified atom stereocenters. The third kappa shape index (κ3) is 3.49. The molecule has 4 nitrogen and oxygen atoms in total. The normalized spacial score (nSPS) is 15.2. The number of hydrogen-bond donors (Lipinski definition) is 2. The number of nitrogens with one attached hydrogen (secondary N) is 2. The Balaban J connectivity index is 1.66. The topological polar surface area (TPSA) is 50.4 Å². The van der Waals surface area contributed by atoms with Gasteiger partial charge in [0.2, 0.25) is 0 Å². The molecule has 0 saturated heterocycles. The lowest BCUT2D eigenvalue weighted by Gasteiger charge is -2.43. The number of anilines is 1. The summed E-state index contributed by atoms with van der Waals surface area (Å²) in [5.41, 5.74) is 1.81. The largest absolute Gasteiger partial charge is 0.496 e. The zero-order valence-electron chi connectivity index (χ0n) is 13.6. The van der Waals surface area contributed by atoms with Gasteiger partial charge in [-0.15, -0.1) is 0 Å². The van der Waals surface area contributed by atoms with E-state index in [4.69, 9.17) is 16.3 Å². The molecule has 2 aromatic rings. The van der Waals surface area contributed by atoms with Crippen LogP contribution in [-0.2, 0) is 5.41 Å². The summed E-state index contributed by atoms with van der Waals surface area (Å²) in [5, 5.41) is 6.41. The van der Waals surface area contributed by atoms with Gasteiger partial charge in [0, 0.05) is 28.2 Å². The zero-order chi connectivity index (χ0) is 17.0. The first kappa shape index (κ1) is 16.7. The Morgan fingerprint density at radius 3 is 2.67 bits per heavy atom. The minimum atomic E-state index is -0.224. The first-order valence-electron chi connectivity index (χ1n) is 8.07. The highest BCUT2D eigenvalue weighted by atomic mass is 35.5. The third-order valence-electron chi connectivity index (χ3n) is 4.66. The number of rotatable bonds is 5. The second-order valence-electron chi connectivity index (χ2n) is 6.15. The summed E-state index contributed by atoms with van der Waals surface area (Å²) in [6, 6.07) is 14.9. The van der Waals surface area contributed by atoms with Crippen LogP contribution in [0.3, 0.4) is 0 Å². The maximum Gasteiger partial charge on any atom is 0.319 e. The molecule has 0 atom stereocenters. The number of hydrogen-bond acceptors (Lipinski definition) is 2. The van der Waals surface area contributed by atoms with Crippen molar-refractivity contribution in [2.24, 2.45) is 0 Å². The molecule has 24 heavy (non-hydrogen) atoms. The van der Waals surface area contributed by atoms with Crippen LogP contribution in [0.1, 0.15) is 24.8 Å². The van der Waals surface area contributed by atoms with E-state index >= 15 is 0 Å². The lowest BCUT2D eigenvalue weighted by Crippen LogP contribution is -2.46. The molecule has 2 amide bonds. The van der Waals surface area contributed by atoms with E-state index in [9.17, 15) is 4.79 Å². The molecule has 1 aliphatic rings. The van der Waals surface area contributed by atoms with E-state index in [-0.39, 0.29) is 11.4 Å². The number of halogens is 1. The van der Waals surface area contributed by atoms with Crippen LogP contribution in [0.5, 0.6) is 5.75 Å². The van der Waals surface area contributed by atoms with Gasteiger partial charge in [-0.05, 0) is 37.1 Å². The number of carbonyl (C=O) groups excluding carboxylic acids is 1. The molecule has 1 aliphatic carbocycles. The average molecular weight is 345 g/mol. The van der Waals surface area contributed by atoms with E-state index in [1.165, 1.54) is 5.56 Å². The summed E-state index contributed by atoms with van der Waals surface area (Å²) in [7, 11) is 1.69. The van der Waals surface area contributed by atoms with Gasteiger partial charge in [0.1, 0.15) is 5.75 Å². The fourth-order valence-electron chi connectivity index (χ4n) is 3.22. The monoisotopic (exact) mass is 344 g/mol. The van der Waals surface area contributed by atoms with Crippen LogP contribution in [0.15, 0.2) is 48.5 Å². The maximum absolute atomic E-state index is 12.2. The van der Waals surface area contributed by atoms with Gasteiger partial charge in [0.15, 0.2) is 0 Å². The molecule has 0 heterocycles. The summed E-state index contributed by atoms with van der Waals surface area (Å²) in [5.74, 6) is 0.884. The molecule has 1 fully saturated rings. The first-order valence-corrected chi connectivity index (χ1v) is 8.45. The highest BCUT2D eigenvalue weighted by Gasteiger charge is 2.40. The summed E-state index contributed by atoms with van der Waals surface area (Å²) in [6.07, 6.45) is 3.26. The van der Waals surface area contributed by atoms with Crippen molar-refractivity contribution in [1.82, 2.24) is 5.32 Å². The summed E-state index contributed by atoms with van der Waals surface area (Å²) in [4.78, 5) is 12.2. The van der Waals surface area contributed by atoms with Crippen molar-refractivity contribution in [3.63, 3.8) is 0 Å². The minimum Gasteiger partial charge on any atom is -0.496 e. The molecule has 2 aromatic carbocycles. The second kappa shape index (κ2) is 7.14. The van der Waals surface area contributed by atoms with E-state index in [0.29, 0.717) is 17.3 Å². The average Bonchev–Trinajstić information content (AvgIpc) is 2.54. The Bertz CT molecular complexity index is 729. The summed E-state index contributed by atoms with van der Waals surface area (Å²) < 4.78 is 5.50. The Labute approximate surface area is 147 Å². The third-order valence-corrected chi connectivity index (χ3v) is 4.89. The summed E-state index contributed by atoms with van der Waals surface area (Å²) >= 11 is 5.94. The van der Waals surface area contributed by atoms with Crippen LogP contribution < -0.4 is 15.4 Å². The molecule has 0 aliphatic heterocycles. The molecule has 0 radical (unpaired) electrons. The Kier molecular flexibility index (Phi) is 4.95. The van der Waals surface area contributed by atoms with Gasteiger partial charge >= 0.3 is 6.03 Å². The van der Waals surface area contributed by atoms with Crippen molar-refractivity contribution in [1.29, 1.82) is 0 Å². The zero-order valence-corrected chi connectivity index (χ0v) is 14.4. The number of methoxy groups -OCH3 is 1. The van der Waals surface area contributed by atoms with Crippen LogP contribution in [0.4, 0.5) is 10.5 Å². The Morgan fingerprint density at radius 2 is 2.00 bits per heavy atom. The van der Waals surface area contributed by atoms with Crippen LogP contribution in [-0.4, -0.2) is 19.7 Å². The van der Waals surface area contributed by atoms with Gasteiger partial charge in [-0.3, -0.25) is 0 Å². The molecule has 5 heteroatoms. The number of urea groups is 1. The van der Waals surface area contributed by atoms with E-state index in [1.807, 2.05) is 24.3 Å². The van der Waals surface area contributed by atoms with E-state index < -0.39 is 0 Å². The predicted octanol–water partition coefficient (Wildman–Crippen LogP) is 4.59. The molecule has 3 rings (SSSR count). The predicted molar refractivity (Wildman–Crippen MR) is 97.0 cm³/mol. The van der Waals surface area contributed by atoms with E-state index in [0.717, 1.165) is 25.0 Å². The van der Waals surface area contributed by atoms with Gasteiger partial charge in [-0.2, -0.15) is 0 Å². The van der Waals surface area contributed by atoms with Crippen LogP contribution >= 0.6 is 11.6 Å². The van der Waals surface area contributed by atoms with Crippen molar-refractivity contribution in [3.05, 3.63) is 59.1 Å². The Hall–Kier alpha value is -2.20. The number of amides is 2. The minimum absolute atomic E-state index is 0.0434. The number of para-hydroxylation sites is 1. The van der Waals surface area contributed by atoms with Crippen molar-refractivity contribution in [2.75, 3.05) is 19.0 Å². The van der Waals surface area contributed by atoms with Gasteiger partial charge in [-0.25, -0.2) is 4.79 Å². The molecule has 0 bridgehead atoms. The lowest BCUT2D eigenvalue weighted by molar-refractivity contribution is 0.217. The van der Waals surface area contributed by atoms with Gasteiger partial charge in [-0.1, -0.05) is 42.3 Å². The molecule has 0 aromatic heterocycles. The molecular formula is C19H21ClN2O2. The fraction of sp³-hybridized carbons (Fsp3) is 0.316. The first-order chi connectivity index (χ1) is 11.6. The molecule has 0 spiro atoms. The molecule has 2 N–H and O–H groups in total. The Morgan fingerprint density at radius 1 is 1.21 bits per heavy atom. The van der Waals surface area contributed by atoms with Crippen LogP contribution in [0, 0.1) is 0 Å². The highest BCUT2D eigenvalue weighted by molar-refractivity contribution is 6.30. The number of benzene rings is 2. The van der Waals surface area contributed by atoms with Crippen molar-refractivity contribution >= 4 is 23.3 Å². The standard InChI is InChI=1S/C19H21ClN2O2/c1-24-17-9-3-2-8-16(17)19(10-5-11-19)13-21-18(23)22-15-7-4-6-14(20)12-15/h2-4,6-9,12H,5,10-11,13H2,1H3,(H2,21,22,23). The van der Waals surface area contributed by atoms with E-state index in [2.05, 4.69) is 16.7 Å². The highest BCUT2D eigenvalue weighted by Crippen LogP contribution is 2.46. The van der Waals surface area contributed by atoms with Crippen molar-refractivity contribution in [2.45, 2.75) is 24.7 Å². The molecule has 126 valence electrons. The van der Waals surface area contributed by atoms with E-state index in [1.54, 1.807) is 25.3 Å². The van der Waals surface area contributed by atoms with Gasteiger partial charge in [0.05, 0.1) is 7.11 Å². The smallest absolute Gasteiger partial charge is 0.319 e. The lowest BCUT2D eigenvalue weighted by atomic mass is 9.64. The van der Waals surface area contributed by atoms with Gasteiger partial charge < -0.3 is 15.4 Å². The van der Waals surface area contributed by atoms with Crippen LogP contribution in [0.25, 0.3) is 0 Å². The number of carbonyl (C=O) groups is 1. The van der Waals surface area contributed by atoms with Crippen molar-refractivity contribution in [3.8, 4) is 5.75 Å². The molecular weight excluding hydrogens is 324 g/mol. The van der Waals surface area contributed by atoms with Crippen LogP contribution in [0.2, 0.25) is 5.02 Å². The second-order valence-corrected chi connectivity index (χ2v) is 6.59. The quantitative estimate of drug-likeness (QED) is 0.833. The number of ether oxygens (including phenoxy) is 1. The SMILES string of the molecule is COc1ccccc1C1(CNC(=O)Nc2cccc(Cl)c2)CCC1. The van der Waals surface area contributed by atoms with Gasteiger partial charge in [0.25, 0.3) is 0 Å². The maximum atomic E-state index is 12.2.